The van der Waals surface area contributed by atoms with Crippen LogP contribution in [0.15, 0.2) is 0 Å². The third-order valence-electron chi connectivity index (χ3n) is 9.23. The van der Waals surface area contributed by atoms with E-state index in [1.54, 1.807) is 0 Å². The first-order chi connectivity index (χ1) is 21.7. The second-order valence-corrected chi connectivity index (χ2v) is 16.6. The average Bonchev–Trinajstić information content (AvgIpc) is 3.02. The molecule has 0 heterocycles. The van der Waals surface area contributed by atoms with Gasteiger partial charge in [-0.3, -0.25) is 0 Å². The Labute approximate surface area is 285 Å². The third kappa shape index (κ3) is 32.4. The van der Waals surface area contributed by atoms with Crippen LogP contribution in [0.4, 0.5) is 0 Å². The minimum atomic E-state index is -2.42. The molecule has 0 fully saturated rings. The highest BCUT2D eigenvalue weighted by molar-refractivity contribution is 7.80. The molecule has 0 aliphatic rings. The normalized spacial score (nSPS) is 12.0. The summed E-state index contributed by atoms with van der Waals surface area (Å²) in [5.74, 6) is 1.06. The van der Waals surface area contributed by atoms with Gasteiger partial charge in [0.1, 0.15) is 0 Å². The topological polar surface area (TPSA) is 27.7 Å². The first-order valence-electron chi connectivity index (χ1n) is 20.3. The fraction of sp³-hybridized carbons (Fsp3) is 1.00. The van der Waals surface area contributed by atoms with E-state index in [0.717, 1.165) is 11.8 Å². The Morgan fingerprint density at radius 2 is 0.477 bits per heavy atom. The molecule has 5 heteroatoms. The highest BCUT2D eigenvalue weighted by atomic mass is 32.1. The van der Waals surface area contributed by atoms with Crippen LogP contribution in [0.1, 0.15) is 220 Å². The summed E-state index contributed by atoms with van der Waals surface area (Å²) in [5.41, 5.74) is 0. The molecule has 0 N–H and O–H groups in total. The molecule has 0 aromatic rings. The molecule has 266 valence electrons. The zero-order valence-corrected chi connectivity index (χ0v) is 32.5. The Morgan fingerprint density at radius 1 is 0.295 bits per heavy atom. The van der Waals surface area contributed by atoms with Gasteiger partial charge in [0.15, 0.2) is 0 Å². The van der Waals surface area contributed by atoms with Crippen LogP contribution in [-0.4, -0.2) is 34.4 Å². The first kappa shape index (κ1) is 44.4. The lowest BCUT2D eigenvalue weighted by molar-refractivity contribution is 0.0706. The van der Waals surface area contributed by atoms with E-state index >= 15 is 0 Å². The predicted octanol–water partition coefficient (Wildman–Crippen LogP) is 14.1. The molecule has 0 aromatic heterocycles. The average molecular weight is 659 g/mol. The van der Waals surface area contributed by atoms with Gasteiger partial charge < -0.3 is 13.3 Å². The zero-order chi connectivity index (χ0) is 32.1. The molecule has 0 aliphatic carbocycles. The summed E-state index contributed by atoms with van der Waals surface area (Å²) in [6.07, 6.45) is 44.4. The fourth-order valence-electron chi connectivity index (χ4n) is 6.58. The molecule has 3 nitrogen and oxygen atoms in total. The van der Waals surface area contributed by atoms with Crippen molar-refractivity contribution in [3.05, 3.63) is 0 Å². The molecular weight excluding hydrogens is 577 g/mol. The second kappa shape index (κ2) is 37.9. The van der Waals surface area contributed by atoms with E-state index in [4.69, 9.17) is 13.3 Å². The number of hydrogen-bond donors (Lipinski definition) is 1. The van der Waals surface area contributed by atoms with Crippen LogP contribution in [-0.2, 0) is 13.3 Å². The molecule has 0 rings (SSSR count). The molecule has 0 aliphatic heterocycles. The number of hydrogen-bond acceptors (Lipinski definition) is 4. The van der Waals surface area contributed by atoms with Gasteiger partial charge in [0.05, 0.1) is 0 Å². The quantitative estimate of drug-likeness (QED) is 0.0404. The highest BCUT2D eigenvalue weighted by Crippen LogP contribution is 2.21. The summed E-state index contributed by atoms with van der Waals surface area (Å²) in [6, 6.07) is 0.973. The fourth-order valence-corrected chi connectivity index (χ4v) is 9.49. The van der Waals surface area contributed by atoms with Crippen molar-refractivity contribution in [3.63, 3.8) is 0 Å². The van der Waals surface area contributed by atoms with Crippen LogP contribution in [0, 0.1) is 0 Å². The SMILES string of the molecule is CCO[Si](CCCCCCCCCCCCCCCCCCCCCCCCCCCCCCCCCS)(OCC)OCC. The van der Waals surface area contributed by atoms with E-state index in [9.17, 15) is 0 Å². The molecule has 0 saturated carbocycles. The van der Waals surface area contributed by atoms with Gasteiger partial charge in [-0.1, -0.05) is 186 Å². The zero-order valence-electron chi connectivity index (χ0n) is 30.6. The summed E-state index contributed by atoms with van der Waals surface area (Å²) >= 11 is 4.29. The Hall–Kier alpha value is 0.447. The van der Waals surface area contributed by atoms with E-state index in [2.05, 4.69) is 12.6 Å². The molecule has 0 spiro atoms. The van der Waals surface area contributed by atoms with Crippen LogP contribution in [0.3, 0.4) is 0 Å². The van der Waals surface area contributed by atoms with Gasteiger partial charge in [-0.25, -0.2) is 0 Å². The molecule has 0 aromatic carbocycles. The van der Waals surface area contributed by atoms with Gasteiger partial charge in [-0.2, -0.15) is 12.6 Å². The summed E-state index contributed by atoms with van der Waals surface area (Å²) in [4.78, 5) is 0. The molecule has 0 radical (unpaired) electrons. The van der Waals surface area contributed by atoms with Crippen molar-refractivity contribution in [1.82, 2.24) is 0 Å². The van der Waals surface area contributed by atoms with Crippen LogP contribution >= 0.6 is 12.6 Å². The summed E-state index contributed by atoms with van der Waals surface area (Å²) in [6.45, 7) is 8.19. The molecule has 0 bridgehead atoms. The van der Waals surface area contributed by atoms with E-state index in [-0.39, 0.29) is 0 Å². The van der Waals surface area contributed by atoms with Crippen molar-refractivity contribution in [1.29, 1.82) is 0 Å². The molecule has 0 atom stereocenters. The lowest BCUT2D eigenvalue weighted by atomic mass is 10.0. The third-order valence-corrected chi connectivity index (χ3v) is 12.7. The largest absolute Gasteiger partial charge is 0.500 e. The van der Waals surface area contributed by atoms with Crippen molar-refractivity contribution in [2.45, 2.75) is 226 Å². The van der Waals surface area contributed by atoms with Crippen LogP contribution in [0.2, 0.25) is 6.04 Å². The van der Waals surface area contributed by atoms with Gasteiger partial charge in [0.2, 0.25) is 0 Å². The number of rotatable bonds is 39. The van der Waals surface area contributed by atoms with Crippen molar-refractivity contribution < 1.29 is 13.3 Å². The predicted molar refractivity (Wildman–Crippen MR) is 202 cm³/mol. The van der Waals surface area contributed by atoms with Crippen LogP contribution < -0.4 is 0 Å². The molecular formula is C39H82O3SSi. The van der Waals surface area contributed by atoms with Crippen LogP contribution in [0.5, 0.6) is 0 Å². The van der Waals surface area contributed by atoms with Gasteiger partial charge in [-0.15, -0.1) is 0 Å². The van der Waals surface area contributed by atoms with Crippen molar-refractivity contribution in [2.24, 2.45) is 0 Å². The number of thiol groups is 1. The first-order valence-corrected chi connectivity index (χ1v) is 22.8. The van der Waals surface area contributed by atoms with Gasteiger partial charge in [0, 0.05) is 25.9 Å². The van der Waals surface area contributed by atoms with Crippen molar-refractivity contribution in [2.75, 3.05) is 25.6 Å². The lowest BCUT2D eigenvalue weighted by Gasteiger charge is -2.28. The lowest BCUT2D eigenvalue weighted by Crippen LogP contribution is -2.45. The van der Waals surface area contributed by atoms with E-state index in [0.29, 0.717) is 19.8 Å². The summed E-state index contributed by atoms with van der Waals surface area (Å²) in [5, 5.41) is 0. The Kier molecular flexibility index (Phi) is 38.3. The van der Waals surface area contributed by atoms with Gasteiger partial charge in [0.25, 0.3) is 0 Å². The molecule has 0 saturated heterocycles. The maximum absolute atomic E-state index is 5.97. The Morgan fingerprint density at radius 3 is 0.659 bits per heavy atom. The highest BCUT2D eigenvalue weighted by Gasteiger charge is 2.39. The minimum absolute atomic E-state index is 0.685. The van der Waals surface area contributed by atoms with E-state index in [1.165, 1.54) is 199 Å². The standard InChI is InChI=1S/C39H82O3SSi/c1-4-40-44(41-5-2,42-6-3)39-37-35-33-31-29-27-25-23-21-19-17-15-13-11-9-7-8-10-12-14-16-18-20-22-24-26-28-30-32-34-36-38-43/h43H,4-39H2,1-3H3. The smallest absolute Gasteiger partial charge is 0.374 e. The Balaban J connectivity index is 3.23. The maximum Gasteiger partial charge on any atom is 0.500 e. The van der Waals surface area contributed by atoms with Crippen LogP contribution in [0.25, 0.3) is 0 Å². The summed E-state index contributed by atoms with van der Waals surface area (Å²) in [7, 11) is -2.42. The minimum Gasteiger partial charge on any atom is -0.374 e. The maximum atomic E-state index is 5.97. The van der Waals surface area contributed by atoms with Crippen molar-refractivity contribution >= 4 is 21.4 Å². The van der Waals surface area contributed by atoms with E-state index in [1.807, 2.05) is 20.8 Å². The molecule has 0 unspecified atom stereocenters. The van der Waals surface area contributed by atoms with E-state index < -0.39 is 8.80 Å². The molecule has 0 amide bonds. The second-order valence-electron chi connectivity index (χ2n) is 13.4. The van der Waals surface area contributed by atoms with Gasteiger partial charge in [-0.05, 0) is 39.4 Å². The molecule has 44 heavy (non-hydrogen) atoms. The van der Waals surface area contributed by atoms with Crippen molar-refractivity contribution in [3.8, 4) is 0 Å². The monoisotopic (exact) mass is 659 g/mol. The summed E-state index contributed by atoms with van der Waals surface area (Å²) < 4.78 is 17.9. The Bertz CT molecular complexity index is 505. The van der Waals surface area contributed by atoms with Gasteiger partial charge >= 0.3 is 8.80 Å². The number of unbranched alkanes of at least 4 members (excludes halogenated alkanes) is 30.